The van der Waals surface area contributed by atoms with Crippen molar-refractivity contribution in [2.75, 3.05) is 13.2 Å². The van der Waals surface area contributed by atoms with Crippen molar-refractivity contribution in [3.8, 4) is 22.8 Å². The fraction of sp³-hybridized carbons (Fsp3) is 0.386. The minimum Gasteiger partial charge on any atom is -0.487 e. The van der Waals surface area contributed by atoms with Crippen LogP contribution in [0.1, 0.15) is 76.9 Å². The quantitative estimate of drug-likeness (QED) is 0.0268. The minimum atomic E-state index is -1.00. The summed E-state index contributed by atoms with van der Waals surface area (Å²) in [7, 11) is 0. The molecule has 0 radical (unpaired) electrons. The van der Waals surface area contributed by atoms with Gasteiger partial charge in [-0.05, 0) is 87.6 Å². The third-order valence-corrected chi connectivity index (χ3v) is 10.3. The van der Waals surface area contributed by atoms with Crippen LogP contribution in [0.15, 0.2) is 89.0 Å². The van der Waals surface area contributed by atoms with E-state index in [9.17, 15) is 14.7 Å². The van der Waals surface area contributed by atoms with Gasteiger partial charge in [-0.15, -0.1) is 11.8 Å². The van der Waals surface area contributed by atoms with Crippen molar-refractivity contribution < 1.29 is 29.3 Å². The van der Waals surface area contributed by atoms with Gasteiger partial charge in [-0.2, -0.15) is 0 Å². The topological polar surface area (TPSA) is 214 Å². The Balaban J connectivity index is 0.000000538. The maximum absolute atomic E-state index is 12.4. The van der Waals surface area contributed by atoms with Crippen LogP contribution < -0.4 is 26.7 Å². The van der Waals surface area contributed by atoms with E-state index < -0.39 is 23.4 Å². The molecule has 0 amide bonds. The number of nitrogens with zero attached hydrogens (tertiary/aromatic N) is 4. The standard InChI is InChI=1S/C38H43N3O4S.C6H14N4O2/c1-8-44-34-18-14-28(22-40-34)27-12-10-26(11-13-27)23-41-32-17-16-30(45-24-29-15-9-25(2)21-39-29)19-31(32)35(46-37(3,4)5)33(41)20-38(6,7)36(42)43;7-4(5(11)12)2-1-3-10-6(8)9/h9-19,21-22H,8,20,23-24H2,1-7H3,(H,42,43);4H,1-3,7H2,(H,11,12)(H4,8,9,10). The number of ether oxygens (including phenoxy) is 2. The van der Waals surface area contributed by atoms with Gasteiger partial charge in [0.05, 0.1) is 17.7 Å². The van der Waals surface area contributed by atoms with Crippen LogP contribution in [-0.2, 0) is 29.2 Å². The fourth-order valence-corrected chi connectivity index (χ4v) is 7.06. The second-order valence-corrected chi connectivity index (χ2v) is 17.5. The van der Waals surface area contributed by atoms with E-state index in [2.05, 4.69) is 76.7 Å². The Morgan fingerprint density at radius 2 is 1.62 bits per heavy atom. The molecule has 5 aromatic rings. The zero-order valence-corrected chi connectivity index (χ0v) is 35.3. The van der Waals surface area contributed by atoms with Crippen molar-refractivity contribution >= 4 is 40.6 Å². The molecule has 8 N–H and O–H groups in total. The monoisotopic (exact) mass is 811 g/mol. The van der Waals surface area contributed by atoms with Crippen LogP contribution in [0.25, 0.3) is 22.0 Å². The third-order valence-electron chi connectivity index (χ3n) is 8.99. The zero-order valence-electron chi connectivity index (χ0n) is 34.5. The van der Waals surface area contributed by atoms with Crippen molar-refractivity contribution in [1.82, 2.24) is 14.5 Å². The van der Waals surface area contributed by atoms with Gasteiger partial charge < -0.3 is 41.5 Å². The summed E-state index contributed by atoms with van der Waals surface area (Å²) < 4.78 is 13.9. The molecule has 310 valence electrons. The van der Waals surface area contributed by atoms with Crippen LogP contribution in [0.2, 0.25) is 0 Å². The number of aliphatic carboxylic acids is 2. The summed E-state index contributed by atoms with van der Waals surface area (Å²) in [5, 5.41) is 19.6. The SMILES string of the molecule is CCOc1ccc(-c2ccc(Cn3c(CC(C)(C)C(=O)O)c(SC(C)(C)C)c4cc(OCc5ccc(C)cn5)ccc43)cc2)cn1.NC(N)=NCCCC(N)C(=O)O. The fourth-order valence-electron chi connectivity index (χ4n) is 5.87. The van der Waals surface area contributed by atoms with E-state index in [1.54, 1.807) is 25.6 Å². The molecule has 1 unspecified atom stereocenters. The molecule has 3 aromatic heterocycles. The first kappa shape index (κ1) is 45.1. The Bertz CT molecular complexity index is 2160. The Morgan fingerprint density at radius 3 is 2.19 bits per heavy atom. The molecule has 58 heavy (non-hydrogen) atoms. The maximum atomic E-state index is 12.4. The molecule has 0 bridgehead atoms. The minimum absolute atomic E-state index is 0.0129. The molecule has 14 heteroatoms. The van der Waals surface area contributed by atoms with Crippen LogP contribution >= 0.6 is 11.8 Å². The lowest BCUT2D eigenvalue weighted by molar-refractivity contribution is -0.147. The van der Waals surface area contributed by atoms with Gasteiger partial charge in [0.15, 0.2) is 5.96 Å². The van der Waals surface area contributed by atoms with Crippen LogP contribution in [0.4, 0.5) is 0 Å². The van der Waals surface area contributed by atoms with Crippen LogP contribution in [0.3, 0.4) is 0 Å². The van der Waals surface area contributed by atoms with Crippen LogP contribution in [-0.4, -0.2) is 66.6 Å². The molecule has 0 spiro atoms. The maximum Gasteiger partial charge on any atom is 0.320 e. The number of hydrogen-bond donors (Lipinski definition) is 5. The highest BCUT2D eigenvalue weighted by Crippen LogP contribution is 2.44. The van der Waals surface area contributed by atoms with Gasteiger partial charge in [-0.3, -0.25) is 19.6 Å². The number of nitrogens with two attached hydrogens (primary N) is 3. The second-order valence-electron chi connectivity index (χ2n) is 15.6. The lowest BCUT2D eigenvalue weighted by Crippen LogP contribution is -2.30. The first-order valence-corrected chi connectivity index (χ1v) is 20.0. The Hall–Kier alpha value is -5.60. The molecule has 13 nitrogen and oxygen atoms in total. The molecule has 3 heterocycles. The van der Waals surface area contributed by atoms with Crippen molar-refractivity contribution in [2.24, 2.45) is 27.6 Å². The average Bonchev–Trinajstić information content (AvgIpc) is 3.42. The van der Waals surface area contributed by atoms with E-state index in [1.165, 1.54) is 0 Å². The number of guanidine groups is 1. The molecule has 5 rings (SSSR count). The summed E-state index contributed by atoms with van der Waals surface area (Å²) in [6.45, 7) is 16.1. The van der Waals surface area contributed by atoms with Crippen molar-refractivity contribution in [3.05, 3.63) is 102 Å². The number of carboxylic acid groups (broad SMARTS) is 2. The van der Waals surface area contributed by atoms with E-state index in [4.69, 9.17) is 31.8 Å². The number of benzene rings is 2. The number of fused-ring (bicyclic) bond motifs is 1. The molecule has 0 fully saturated rings. The molecular weight excluding hydrogens is 755 g/mol. The smallest absolute Gasteiger partial charge is 0.320 e. The number of aryl methyl sites for hydroxylation is 1. The number of aromatic nitrogens is 3. The summed E-state index contributed by atoms with van der Waals surface area (Å²) in [5.41, 5.74) is 21.6. The summed E-state index contributed by atoms with van der Waals surface area (Å²) in [4.78, 5) is 36.3. The molecule has 0 aliphatic carbocycles. The number of pyridine rings is 2. The molecule has 0 saturated carbocycles. The van der Waals surface area contributed by atoms with E-state index >= 15 is 0 Å². The summed E-state index contributed by atoms with van der Waals surface area (Å²) >= 11 is 1.77. The highest BCUT2D eigenvalue weighted by atomic mass is 32.2. The number of carboxylic acids is 2. The van der Waals surface area contributed by atoms with Gasteiger partial charge in [-0.25, -0.2) is 4.98 Å². The molecule has 1 atom stereocenters. The zero-order chi connectivity index (χ0) is 42.6. The first-order valence-electron chi connectivity index (χ1n) is 19.2. The van der Waals surface area contributed by atoms with Gasteiger partial charge in [0.1, 0.15) is 18.4 Å². The van der Waals surface area contributed by atoms with Gasteiger partial charge in [0.25, 0.3) is 0 Å². The van der Waals surface area contributed by atoms with Gasteiger partial charge in [-0.1, -0.05) is 51.1 Å². The first-order chi connectivity index (χ1) is 27.4. The number of rotatable bonds is 17. The second kappa shape index (κ2) is 20.2. The summed E-state index contributed by atoms with van der Waals surface area (Å²) in [5.74, 6) is -0.443. The van der Waals surface area contributed by atoms with E-state index in [-0.39, 0.29) is 10.7 Å². The van der Waals surface area contributed by atoms with Crippen molar-refractivity contribution in [2.45, 2.75) is 96.6 Å². The van der Waals surface area contributed by atoms with Gasteiger partial charge >= 0.3 is 11.9 Å². The Morgan fingerprint density at radius 1 is 0.914 bits per heavy atom. The molecule has 0 aliphatic rings. The predicted molar refractivity (Wildman–Crippen MR) is 231 cm³/mol. The lowest BCUT2D eigenvalue weighted by Gasteiger charge is -2.24. The van der Waals surface area contributed by atoms with Gasteiger partial charge in [0.2, 0.25) is 5.88 Å². The normalized spacial score (nSPS) is 12.0. The van der Waals surface area contributed by atoms with E-state index in [1.807, 2.05) is 56.6 Å². The Kier molecular flexibility index (Phi) is 15.7. The third kappa shape index (κ3) is 13.2. The average molecular weight is 812 g/mol. The largest absolute Gasteiger partial charge is 0.487 e. The number of thioether (sulfide) groups is 1. The Labute approximate surface area is 345 Å². The predicted octanol–water partition coefficient (Wildman–Crippen LogP) is 7.43. The van der Waals surface area contributed by atoms with E-state index in [0.717, 1.165) is 55.2 Å². The van der Waals surface area contributed by atoms with Gasteiger partial charge in [0, 0.05) is 69.8 Å². The van der Waals surface area contributed by atoms with Crippen molar-refractivity contribution in [3.63, 3.8) is 0 Å². The lowest BCUT2D eigenvalue weighted by atomic mass is 9.88. The highest BCUT2D eigenvalue weighted by Gasteiger charge is 2.33. The van der Waals surface area contributed by atoms with E-state index in [0.29, 0.717) is 51.4 Å². The number of carbonyl (C=O) groups is 2. The molecule has 2 aromatic carbocycles. The van der Waals surface area contributed by atoms with Crippen molar-refractivity contribution in [1.29, 1.82) is 0 Å². The number of hydrogen-bond acceptors (Lipinski definition) is 9. The van der Waals surface area contributed by atoms with Crippen LogP contribution in [0, 0.1) is 12.3 Å². The number of aliphatic imine (C=N–C) groups is 1. The summed E-state index contributed by atoms with van der Waals surface area (Å²) in [6.07, 6.45) is 5.01. The highest BCUT2D eigenvalue weighted by molar-refractivity contribution is 8.00. The molecule has 0 saturated heterocycles. The van der Waals surface area contributed by atoms with Crippen LogP contribution in [0.5, 0.6) is 11.6 Å². The summed E-state index contributed by atoms with van der Waals surface area (Å²) in [6, 6.07) is 21.8. The molecule has 0 aliphatic heterocycles. The molecular formula is C44H57N7O6S.